The van der Waals surface area contributed by atoms with Crippen LogP contribution >= 0.6 is 0 Å². The molecule has 2 N–H and O–H groups in total. The van der Waals surface area contributed by atoms with Gasteiger partial charge in [-0.15, -0.1) is 0 Å². The largest absolute Gasteiger partial charge is 0.394 e. The van der Waals surface area contributed by atoms with Gasteiger partial charge in [-0.1, -0.05) is 18.2 Å². The van der Waals surface area contributed by atoms with Gasteiger partial charge in [0.1, 0.15) is 0 Å². The number of nitrogens with two attached hydrogens (primary N) is 1. The Morgan fingerprint density at radius 2 is 1.80 bits per heavy atom. The number of aromatic nitrogens is 1. The number of ketones is 1. The Labute approximate surface area is 145 Å². The number of Topliss-reactive ketones (excluding diaryl/α,β-unsaturated/α-hetero) is 1. The summed E-state index contributed by atoms with van der Waals surface area (Å²) in [5.74, 6) is 0.188. The first-order valence-electron chi connectivity index (χ1n) is 6.37. The van der Waals surface area contributed by atoms with E-state index in [0.717, 1.165) is 5.56 Å². The monoisotopic (exact) mass is 344 g/mol. The average Bonchev–Trinajstić information content (AvgIpc) is 2.34. The Morgan fingerprint density at radius 1 is 1.15 bits per heavy atom. The maximum absolute atomic E-state index is 12.1. The van der Waals surface area contributed by atoms with Crippen molar-refractivity contribution >= 4 is 11.5 Å². The normalized spacial score (nSPS) is 9.90. The number of hydrogen-bond acceptors (Lipinski definition) is 2. The van der Waals surface area contributed by atoms with Crippen molar-refractivity contribution in [3.8, 4) is 0 Å². The number of carbonyl (C=O) groups excluding carboxylic acids is 1. The van der Waals surface area contributed by atoms with Crippen molar-refractivity contribution in [1.29, 1.82) is 0 Å². The summed E-state index contributed by atoms with van der Waals surface area (Å²) in [7, 11) is 0. The summed E-state index contributed by atoms with van der Waals surface area (Å²) in [5, 5.41) is 0. The molecule has 0 aliphatic carbocycles. The number of rotatable bonds is 4. The maximum atomic E-state index is 12.1. The van der Waals surface area contributed by atoms with Crippen molar-refractivity contribution in [2.45, 2.75) is 26.8 Å². The summed E-state index contributed by atoms with van der Waals surface area (Å²) in [6, 6.07) is 9.77. The molecule has 101 valence electrons. The molecule has 2 rings (SSSR count). The van der Waals surface area contributed by atoms with Crippen LogP contribution in [0.5, 0.6) is 0 Å². The Morgan fingerprint density at radius 3 is 2.40 bits per heavy atom. The van der Waals surface area contributed by atoms with Crippen LogP contribution in [0.2, 0.25) is 0 Å². The predicted molar refractivity (Wildman–Crippen MR) is 75.7 cm³/mol. The minimum absolute atomic E-state index is 0. The van der Waals surface area contributed by atoms with Gasteiger partial charge in [-0.2, -0.15) is 4.57 Å². The van der Waals surface area contributed by atoms with Crippen LogP contribution in [0.25, 0.3) is 0 Å². The molecule has 0 fully saturated rings. The van der Waals surface area contributed by atoms with Gasteiger partial charge in [-0.25, -0.2) is 0 Å². The molecule has 2 aromatic rings. The first kappa shape index (κ1) is 17.0. The first-order chi connectivity index (χ1) is 9.06. The van der Waals surface area contributed by atoms with Crippen molar-refractivity contribution in [3.05, 3.63) is 59.4 Å². The third-order valence-electron chi connectivity index (χ3n) is 3.26. The summed E-state index contributed by atoms with van der Waals surface area (Å²) in [5.41, 5.74) is 9.85. The summed E-state index contributed by atoms with van der Waals surface area (Å²) in [6.07, 6.45) is 4.11. The molecular formula is C16H19N2OY+. The van der Waals surface area contributed by atoms with Crippen LogP contribution in [-0.2, 0) is 50.5 Å². The fourth-order valence-electron chi connectivity index (χ4n) is 2.23. The Kier molecular flexibility index (Phi) is 6.50. The van der Waals surface area contributed by atoms with E-state index in [1.807, 2.05) is 54.9 Å². The van der Waals surface area contributed by atoms with Crippen LogP contribution in [0.3, 0.4) is 0 Å². The van der Waals surface area contributed by atoms with Crippen LogP contribution in [0, 0.1) is 13.8 Å². The summed E-state index contributed by atoms with van der Waals surface area (Å²) < 4.78 is 1.82. The quantitative estimate of drug-likeness (QED) is 0.863. The third kappa shape index (κ3) is 4.50. The van der Waals surface area contributed by atoms with Crippen LogP contribution in [0.4, 0.5) is 5.69 Å². The van der Waals surface area contributed by atoms with Crippen molar-refractivity contribution in [2.24, 2.45) is 0 Å². The molecule has 4 heteroatoms. The first-order valence-corrected chi connectivity index (χ1v) is 6.37. The zero-order chi connectivity index (χ0) is 13.8. The van der Waals surface area contributed by atoms with E-state index in [1.165, 1.54) is 11.1 Å². The second-order valence-corrected chi connectivity index (χ2v) is 4.90. The number of nitrogens with zero attached hydrogens (tertiary/aromatic N) is 1. The van der Waals surface area contributed by atoms with E-state index < -0.39 is 0 Å². The van der Waals surface area contributed by atoms with Crippen molar-refractivity contribution < 1.29 is 42.1 Å². The van der Waals surface area contributed by atoms with Crippen LogP contribution in [0.15, 0.2) is 42.7 Å². The topological polar surface area (TPSA) is 47.0 Å². The fourth-order valence-corrected chi connectivity index (χ4v) is 2.23. The Bertz CT molecular complexity index is 591. The predicted octanol–water partition coefficient (Wildman–Crippen LogP) is 1.98. The van der Waals surface area contributed by atoms with Crippen molar-refractivity contribution in [2.75, 3.05) is 5.73 Å². The van der Waals surface area contributed by atoms with Gasteiger partial charge in [0, 0.05) is 45.2 Å². The molecule has 0 atom stereocenters. The van der Waals surface area contributed by atoms with Gasteiger partial charge in [0.2, 0.25) is 12.3 Å². The molecule has 0 aliphatic rings. The van der Waals surface area contributed by atoms with E-state index in [-0.39, 0.29) is 38.5 Å². The molecule has 0 unspecified atom stereocenters. The molecule has 1 radical (unpaired) electrons. The number of benzene rings is 1. The average molecular weight is 344 g/mol. The molecule has 1 aromatic heterocycles. The SMILES string of the molecule is Cc1cccc(C)c1CC(=O)C[n+]1cccc(N)c1.[Y]. The Balaban J connectivity index is 0.00000200. The van der Waals surface area contributed by atoms with E-state index in [4.69, 9.17) is 5.73 Å². The molecule has 0 saturated carbocycles. The number of anilines is 1. The van der Waals surface area contributed by atoms with Gasteiger partial charge < -0.3 is 5.73 Å². The van der Waals surface area contributed by atoms with E-state index in [9.17, 15) is 4.79 Å². The van der Waals surface area contributed by atoms with E-state index in [0.29, 0.717) is 18.7 Å². The third-order valence-corrected chi connectivity index (χ3v) is 3.26. The molecule has 0 bridgehead atoms. The van der Waals surface area contributed by atoms with Gasteiger partial charge >= 0.3 is 0 Å². The molecule has 0 spiro atoms. The maximum Gasteiger partial charge on any atom is 0.206 e. The standard InChI is InChI=1S/C16H19N2O.Y/c1-12-5-3-6-13(2)16(12)9-15(19)11-18-8-4-7-14(17)10-18;/h3-8,10H,9,11,17H2,1-2H3;/q+1;. The molecule has 0 aliphatic heterocycles. The summed E-state index contributed by atoms with van der Waals surface area (Å²) >= 11 is 0. The number of carbonyl (C=O) groups is 1. The molecule has 1 heterocycles. The van der Waals surface area contributed by atoms with Crippen molar-refractivity contribution in [1.82, 2.24) is 0 Å². The van der Waals surface area contributed by atoms with Gasteiger partial charge in [-0.05, 0) is 36.6 Å². The Hall–Kier alpha value is -1.06. The van der Waals surface area contributed by atoms with E-state index in [1.54, 1.807) is 6.20 Å². The molecule has 0 saturated heterocycles. The second-order valence-electron chi connectivity index (χ2n) is 4.90. The van der Waals surface area contributed by atoms with E-state index in [2.05, 4.69) is 0 Å². The van der Waals surface area contributed by atoms with Gasteiger partial charge in [-0.3, -0.25) is 4.79 Å². The summed E-state index contributed by atoms with van der Waals surface area (Å²) in [6.45, 7) is 4.45. The minimum atomic E-state index is 0. The van der Waals surface area contributed by atoms with Crippen molar-refractivity contribution in [3.63, 3.8) is 0 Å². The van der Waals surface area contributed by atoms with Crippen LogP contribution in [-0.4, -0.2) is 5.78 Å². The molecule has 0 amide bonds. The smallest absolute Gasteiger partial charge is 0.206 e. The molecule has 3 nitrogen and oxygen atoms in total. The van der Waals surface area contributed by atoms with Crippen LogP contribution in [0.1, 0.15) is 16.7 Å². The minimum Gasteiger partial charge on any atom is -0.394 e. The number of pyridine rings is 1. The van der Waals surface area contributed by atoms with E-state index >= 15 is 0 Å². The number of nitrogen functional groups attached to an aromatic ring is 1. The molecular weight excluding hydrogens is 325 g/mol. The zero-order valence-corrected chi connectivity index (χ0v) is 14.8. The second kappa shape index (κ2) is 7.65. The number of aryl methyl sites for hydroxylation is 2. The molecule has 1 aromatic carbocycles. The zero-order valence-electron chi connectivity index (χ0n) is 12.0. The van der Waals surface area contributed by atoms with Gasteiger partial charge in [0.05, 0.1) is 5.69 Å². The van der Waals surface area contributed by atoms with Crippen LogP contribution < -0.4 is 10.3 Å². The number of hydrogen-bond donors (Lipinski definition) is 1. The summed E-state index contributed by atoms with van der Waals surface area (Å²) in [4.78, 5) is 12.1. The van der Waals surface area contributed by atoms with Gasteiger partial charge in [0.15, 0.2) is 12.4 Å². The molecule has 20 heavy (non-hydrogen) atoms. The fraction of sp³-hybridized carbons (Fsp3) is 0.250. The van der Waals surface area contributed by atoms with Gasteiger partial charge in [0.25, 0.3) is 0 Å².